The van der Waals surface area contributed by atoms with Crippen molar-refractivity contribution in [3.8, 4) is 0 Å². The van der Waals surface area contributed by atoms with Crippen LogP contribution in [0.25, 0.3) is 0 Å². The van der Waals surface area contributed by atoms with Crippen LogP contribution in [0.4, 0.5) is 0 Å². The van der Waals surface area contributed by atoms with Gasteiger partial charge in [-0.1, -0.05) is 20.8 Å². The predicted octanol–water partition coefficient (Wildman–Crippen LogP) is 3.06. The highest BCUT2D eigenvalue weighted by atomic mass is 16.5. The molecule has 0 aromatic heterocycles. The molecule has 94 valence electrons. The first-order valence-corrected chi connectivity index (χ1v) is 6.55. The molecule has 0 aromatic rings. The number of hydrogen-bond donors (Lipinski definition) is 0. The normalized spacial score (nSPS) is 30.8. The first-order chi connectivity index (χ1) is 7.14. The smallest absolute Gasteiger partial charge is 0.0812 e. The van der Waals surface area contributed by atoms with Crippen molar-refractivity contribution < 1.29 is 4.74 Å². The summed E-state index contributed by atoms with van der Waals surface area (Å²) in [5, 5.41) is 0. The van der Waals surface area contributed by atoms with Crippen LogP contribution in [0.1, 0.15) is 54.4 Å². The number of nitrogens with zero attached hydrogens (tertiary/aromatic N) is 1. The van der Waals surface area contributed by atoms with Gasteiger partial charge in [-0.3, -0.25) is 4.90 Å². The second kappa shape index (κ2) is 3.46. The minimum absolute atomic E-state index is 0.231. The maximum Gasteiger partial charge on any atom is 0.0812 e. The van der Waals surface area contributed by atoms with Crippen molar-refractivity contribution in [2.45, 2.75) is 71.6 Å². The van der Waals surface area contributed by atoms with Crippen LogP contribution in [0.15, 0.2) is 0 Å². The van der Waals surface area contributed by atoms with Gasteiger partial charge in [0, 0.05) is 18.1 Å². The molecule has 2 aliphatic rings. The molecule has 0 aromatic carbocycles. The van der Waals surface area contributed by atoms with Crippen molar-refractivity contribution in [1.29, 1.82) is 0 Å². The summed E-state index contributed by atoms with van der Waals surface area (Å²) >= 11 is 0. The Kier molecular flexibility index (Phi) is 2.67. The third-order valence-corrected chi connectivity index (χ3v) is 4.05. The molecule has 0 radical (unpaired) electrons. The van der Waals surface area contributed by atoms with E-state index in [1.54, 1.807) is 0 Å². The summed E-state index contributed by atoms with van der Waals surface area (Å²) in [5.74, 6) is 0. The van der Waals surface area contributed by atoms with E-state index in [0.29, 0.717) is 11.5 Å². The van der Waals surface area contributed by atoms with Gasteiger partial charge in [-0.05, 0) is 39.0 Å². The Hall–Kier alpha value is -0.0800. The molecule has 2 heteroatoms. The lowest BCUT2D eigenvalue weighted by Crippen LogP contribution is -2.61. The molecule has 1 saturated carbocycles. The Morgan fingerprint density at radius 1 is 1.06 bits per heavy atom. The van der Waals surface area contributed by atoms with E-state index in [-0.39, 0.29) is 11.1 Å². The molecule has 0 bridgehead atoms. The van der Waals surface area contributed by atoms with E-state index in [1.165, 1.54) is 12.8 Å². The first-order valence-electron chi connectivity index (χ1n) is 6.55. The molecule has 2 nitrogen and oxygen atoms in total. The molecule has 16 heavy (non-hydrogen) atoms. The van der Waals surface area contributed by atoms with Crippen molar-refractivity contribution >= 4 is 0 Å². The summed E-state index contributed by atoms with van der Waals surface area (Å²) in [4.78, 5) is 2.67. The zero-order valence-corrected chi connectivity index (χ0v) is 11.8. The maximum atomic E-state index is 6.10. The molecule has 2 rings (SSSR count). The zero-order chi connectivity index (χ0) is 12.2. The van der Waals surface area contributed by atoms with Gasteiger partial charge < -0.3 is 4.74 Å². The van der Waals surface area contributed by atoms with Gasteiger partial charge >= 0.3 is 0 Å². The van der Waals surface area contributed by atoms with E-state index in [0.717, 1.165) is 13.2 Å². The van der Waals surface area contributed by atoms with Crippen LogP contribution in [0.3, 0.4) is 0 Å². The zero-order valence-electron chi connectivity index (χ0n) is 11.8. The van der Waals surface area contributed by atoms with E-state index in [9.17, 15) is 0 Å². The largest absolute Gasteiger partial charge is 0.372 e. The lowest BCUT2D eigenvalue weighted by Gasteiger charge is -2.52. The van der Waals surface area contributed by atoms with E-state index < -0.39 is 0 Å². The summed E-state index contributed by atoms with van der Waals surface area (Å²) in [6.45, 7) is 16.0. The Labute approximate surface area is 100 Å². The van der Waals surface area contributed by atoms with Gasteiger partial charge in [0.05, 0.1) is 12.2 Å². The SMILES string of the molecule is CC(C)(C)C1COC2(CC2)CN1C(C)(C)C. The Morgan fingerprint density at radius 3 is 2.00 bits per heavy atom. The molecule has 1 aliphatic carbocycles. The molecular formula is C14H27NO. The highest BCUT2D eigenvalue weighted by Gasteiger charge is 2.53. The fourth-order valence-corrected chi connectivity index (χ4v) is 2.68. The minimum atomic E-state index is 0.231. The fraction of sp³-hybridized carbons (Fsp3) is 1.00. The molecule has 1 saturated heterocycles. The lowest BCUT2D eigenvalue weighted by molar-refractivity contribution is -0.135. The van der Waals surface area contributed by atoms with Gasteiger partial charge in [0.1, 0.15) is 0 Å². The molecule has 1 heterocycles. The standard InChI is InChI=1S/C14H27NO/c1-12(2,3)11-9-16-14(7-8-14)10-15(11)13(4,5)6/h11H,7-10H2,1-6H3. The molecule has 1 spiro atoms. The number of morpholine rings is 1. The Balaban J connectivity index is 2.18. The van der Waals surface area contributed by atoms with Gasteiger partial charge in [0.25, 0.3) is 0 Å². The van der Waals surface area contributed by atoms with Gasteiger partial charge in [0.2, 0.25) is 0 Å². The fourth-order valence-electron chi connectivity index (χ4n) is 2.68. The van der Waals surface area contributed by atoms with Crippen molar-refractivity contribution in [3.63, 3.8) is 0 Å². The first kappa shape index (κ1) is 12.4. The number of ether oxygens (including phenoxy) is 1. The van der Waals surface area contributed by atoms with E-state index in [1.807, 2.05) is 0 Å². The van der Waals surface area contributed by atoms with E-state index in [2.05, 4.69) is 46.4 Å². The summed E-state index contributed by atoms with van der Waals surface area (Å²) < 4.78 is 6.10. The minimum Gasteiger partial charge on any atom is -0.372 e. The van der Waals surface area contributed by atoms with Gasteiger partial charge in [-0.15, -0.1) is 0 Å². The third kappa shape index (κ3) is 2.28. The van der Waals surface area contributed by atoms with Crippen LogP contribution in [-0.4, -0.2) is 35.2 Å². The highest BCUT2D eigenvalue weighted by molar-refractivity contribution is 5.06. The monoisotopic (exact) mass is 225 g/mol. The lowest BCUT2D eigenvalue weighted by atomic mass is 9.82. The van der Waals surface area contributed by atoms with Crippen molar-refractivity contribution in [2.24, 2.45) is 5.41 Å². The van der Waals surface area contributed by atoms with E-state index in [4.69, 9.17) is 4.74 Å². The molecule has 2 fully saturated rings. The number of hydrogen-bond acceptors (Lipinski definition) is 2. The average molecular weight is 225 g/mol. The van der Waals surface area contributed by atoms with Gasteiger partial charge in [0.15, 0.2) is 0 Å². The Morgan fingerprint density at radius 2 is 1.62 bits per heavy atom. The highest BCUT2D eigenvalue weighted by Crippen LogP contribution is 2.47. The topological polar surface area (TPSA) is 12.5 Å². The summed E-state index contributed by atoms with van der Waals surface area (Å²) in [6, 6.07) is 0.540. The van der Waals surface area contributed by atoms with Crippen LogP contribution >= 0.6 is 0 Å². The second-order valence-electron chi connectivity index (χ2n) is 7.67. The molecular weight excluding hydrogens is 198 g/mol. The van der Waals surface area contributed by atoms with Crippen LogP contribution in [0.2, 0.25) is 0 Å². The molecule has 1 aliphatic heterocycles. The molecule has 0 N–H and O–H groups in total. The van der Waals surface area contributed by atoms with Crippen LogP contribution < -0.4 is 0 Å². The third-order valence-electron chi connectivity index (χ3n) is 4.05. The summed E-state index contributed by atoms with van der Waals surface area (Å²) in [7, 11) is 0. The van der Waals surface area contributed by atoms with Crippen LogP contribution in [0.5, 0.6) is 0 Å². The molecule has 0 amide bonds. The predicted molar refractivity (Wildman–Crippen MR) is 67.6 cm³/mol. The summed E-state index contributed by atoms with van der Waals surface area (Å²) in [5.41, 5.74) is 0.774. The quantitative estimate of drug-likeness (QED) is 0.628. The second-order valence-corrected chi connectivity index (χ2v) is 7.67. The van der Waals surface area contributed by atoms with Gasteiger partial charge in [-0.2, -0.15) is 0 Å². The molecule has 1 unspecified atom stereocenters. The van der Waals surface area contributed by atoms with E-state index >= 15 is 0 Å². The van der Waals surface area contributed by atoms with Crippen LogP contribution in [0, 0.1) is 5.41 Å². The maximum absolute atomic E-state index is 6.10. The van der Waals surface area contributed by atoms with Crippen molar-refractivity contribution in [3.05, 3.63) is 0 Å². The van der Waals surface area contributed by atoms with Crippen molar-refractivity contribution in [2.75, 3.05) is 13.2 Å². The number of rotatable bonds is 0. The van der Waals surface area contributed by atoms with Gasteiger partial charge in [-0.25, -0.2) is 0 Å². The van der Waals surface area contributed by atoms with Crippen LogP contribution in [-0.2, 0) is 4.74 Å². The summed E-state index contributed by atoms with van der Waals surface area (Å²) in [6.07, 6.45) is 2.52. The molecule has 1 atom stereocenters. The van der Waals surface area contributed by atoms with Crippen molar-refractivity contribution in [1.82, 2.24) is 4.90 Å². The average Bonchev–Trinajstić information content (AvgIpc) is 2.81. The Bertz CT molecular complexity index is 267.